The predicted octanol–water partition coefficient (Wildman–Crippen LogP) is 1.28. The molecular weight excluding hydrogens is 288 g/mol. The second kappa shape index (κ2) is 5.70. The third-order valence-corrected chi connectivity index (χ3v) is 6.90. The van der Waals surface area contributed by atoms with Crippen LogP contribution in [-0.2, 0) is 10.0 Å². The molecule has 0 spiro atoms. The lowest BCUT2D eigenvalue weighted by Crippen LogP contribution is -2.46. The second-order valence-corrected chi connectivity index (χ2v) is 8.02. The van der Waals surface area contributed by atoms with E-state index >= 15 is 0 Å². The van der Waals surface area contributed by atoms with E-state index < -0.39 is 10.0 Å². The van der Waals surface area contributed by atoms with Crippen molar-refractivity contribution in [1.29, 1.82) is 0 Å². The lowest BCUT2D eigenvalue weighted by Gasteiger charge is -2.36. The first-order chi connectivity index (χ1) is 10.00. The van der Waals surface area contributed by atoms with Crippen molar-refractivity contribution in [2.24, 2.45) is 0 Å². The molecule has 7 heteroatoms. The third-order valence-electron chi connectivity index (χ3n) is 4.74. The Hall–Kier alpha value is -0.920. The van der Waals surface area contributed by atoms with E-state index in [9.17, 15) is 8.42 Å². The minimum atomic E-state index is -3.41. The number of rotatable bonds is 3. The summed E-state index contributed by atoms with van der Waals surface area (Å²) in [5.74, 6) is 0. The highest BCUT2D eigenvalue weighted by Crippen LogP contribution is 2.27. The van der Waals surface area contributed by atoms with Crippen LogP contribution in [0.1, 0.15) is 37.1 Å². The molecule has 6 nitrogen and oxygen atoms in total. The smallest absolute Gasteiger partial charge is 0.246 e. The van der Waals surface area contributed by atoms with Gasteiger partial charge in [-0.2, -0.15) is 9.40 Å². The molecule has 0 radical (unpaired) electrons. The van der Waals surface area contributed by atoms with Crippen molar-refractivity contribution in [3.05, 3.63) is 11.4 Å². The van der Waals surface area contributed by atoms with Gasteiger partial charge in [-0.3, -0.25) is 5.10 Å². The molecule has 1 aromatic heterocycles. The van der Waals surface area contributed by atoms with Gasteiger partial charge >= 0.3 is 0 Å². The highest BCUT2D eigenvalue weighted by Gasteiger charge is 2.34. The van der Waals surface area contributed by atoms with Crippen molar-refractivity contribution in [3.63, 3.8) is 0 Å². The van der Waals surface area contributed by atoms with E-state index in [2.05, 4.69) is 15.1 Å². The summed E-state index contributed by atoms with van der Waals surface area (Å²) in [5.41, 5.74) is 1.20. The molecule has 1 aromatic rings. The molecule has 0 bridgehead atoms. The maximum Gasteiger partial charge on any atom is 0.246 e. The number of aromatic nitrogens is 2. The van der Waals surface area contributed by atoms with Crippen LogP contribution >= 0.6 is 0 Å². The van der Waals surface area contributed by atoms with Gasteiger partial charge in [-0.05, 0) is 52.6 Å². The van der Waals surface area contributed by atoms with E-state index in [0.717, 1.165) is 12.8 Å². The van der Waals surface area contributed by atoms with Gasteiger partial charge in [0, 0.05) is 19.1 Å². The first kappa shape index (κ1) is 15.0. The Kier molecular flexibility index (Phi) is 4.07. The Balaban J connectivity index is 1.71. The minimum Gasteiger partial charge on any atom is -0.300 e. The number of nitrogens with one attached hydrogen (secondary N) is 1. The molecule has 0 aliphatic carbocycles. The molecule has 3 heterocycles. The first-order valence-corrected chi connectivity index (χ1v) is 9.20. The molecule has 3 rings (SSSR count). The topological polar surface area (TPSA) is 69.3 Å². The second-order valence-electron chi connectivity index (χ2n) is 6.14. The lowest BCUT2D eigenvalue weighted by molar-refractivity contribution is 0.168. The molecule has 0 amide bonds. The Bertz CT molecular complexity index is 577. The molecule has 0 aromatic carbocycles. The molecule has 2 saturated heterocycles. The summed E-state index contributed by atoms with van der Waals surface area (Å²) in [6.45, 7) is 7.10. The Morgan fingerprint density at radius 2 is 1.71 bits per heavy atom. The Morgan fingerprint density at radius 3 is 2.24 bits per heavy atom. The maximum atomic E-state index is 12.8. The molecule has 2 aliphatic rings. The molecule has 0 saturated carbocycles. The number of sulfonamides is 1. The van der Waals surface area contributed by atoms with Crippen LogP contribution in [0.2, 0.25) is 0 Å². The minimum absolute atomic E-state index is 0.363. The normalized spacial score (nSPS) is 23.0. The van der Waals surface area contributed by atoms with Gasteiger partial charge in [0.25, 0.3) is 0 Å². The number of hydrogen-bond donors (Lipinski definition) is 1. The van der Waals surface area contributed by atoms with E-state index in [1.165, 1.54) is 25.9 Å². The number of aryl methyl sites for hydroxylation is 2. The molecule has 2 aliphatic heterocycles. The summed E-state index contributed by atoms with van der Waals surface area (Å²) < 4.78 is 27.2. The summed E-state index contributed by atoms with van der Waals surface area (Å²) in [7, 11) is -3.41. The Morgan fingerprint density at radius 1 is 1.10 bits per heavy atom. The molecular formula is C14H24N4O2S. The van der Waals surface area contributed by atoms with Gasteiger partial charge in [0.2, 0.25) is 10.0 Å². The van der Waals surface area contributed by atoms with Gasteiger partial charge in [-0.25, -0.2) is 8.42 Å². The number of H-pyrrole nitrogens is 1. The van der Waals surface area contributed by atoms with E-state index in [1.54, 1.807) is 18.2 Å². The zero-order valence-corrected chi connectivity index (χ0v) is 13.6. The number of nitrogens with zero attached hydrogens (tertiary/aromatic N) is 3. The zero-order valence-electron chi connectivity index (χ0n) is 12.8. The van der Waals surface area contributed by atoms with Gasteiger partial charge in [0.1, 0.15) is 4.90 Å². The van der Waals surface area contributed by atoms with Crippen LogP contribution < -0.4 is 0 Å². The number of likely N-dealkylation sites (tertiary alicyclic amines) is 1. The largest absolute Gasteiger partial charge is 0.300 e. The Labute approximate surface area is 126 Å². The van der Waals surface area contributed by atoms with Crippen LogP contribution in [0.3, 0.4) is 0 Å². The van der Waals surface area contributed by atoms with Crippen LogP contribution in [0, 0.1) is 13.8 Å². The lowest BCUT2D eigenvalue weighted by atomic mass is 10.1. The summed E-state index contributed by atoms with van der Waals surface area (Å²) in [6, 6.07) is 0.561. The van der Waals surface area contributed by atoms with Crippen LogP contribution in [0.25, 0.3) is 0 Å². The molecule has 2 fully saturated rings. The first-order valence-electron chi connectivity index (χ1n) is 7.76. The summed E-state index contributed by atoms with van der Waals surface area (Å²) in [6.07, 6.45) is 4.45. The molecule has 0 unspecified atom stereocenters. The van der Waals surface area contributed by atoms with Crippen molar-refractivity contribution < 1.29 is 8.42 Å². The highest BCUT2D eigenvalue weighted by molar-refractivity contribution is 7.89. The van der Waals surface area contributed by atoms with Crippen molar-refractivity contribution in [1.82, 2.24) is 19.4 Å². The predicted molar refractivity (Wildman–Crippen MR) is 80.6 cm³/mol. The number of hydrogen-bond acceptors (Lipinski definition) is 4. The number of aromatic amines is 1. The number of piperidine rings is 1. The van der Waals surface area contributed by atoms with E-state index in [-0.39, 0.29) is 0 Å². The van der Waals surface area contributed by atoms with Crippen LogP contribution in [0.4, 0.5) is 0 Å². The van der Waals surface area contributed by atoms with Gasteiger partial charge in [0.15, 0.2) is 0 Å². The fourth-order valence-corrected chi connectivity index (χ4v) is 5.41. The van der Waals surface area contributed by atoms with Crippen LogP contribution in [0.5, 0.6) is 0 Å². The summed E-state index contributed by atoms with van der Waals surface area (Å²) in [4.78, 5) is 2.89. The van der Waals surface area contributed by atoms with Gasteiger partial charge in [0.05, 0.1) is 11.4 Å². The summed E-state index contributed by atoms with van der Waals surface area (Å²) >= 11 is 0. The molecule has 1 N–H and O–H groups in total. The maximum absolute atomic E-state index is 12.8. The van der Waals surface area contributed by atoms with Crippen LogP contribution in [-0.4, -0.2) is 60.0 Å². The van der Waals surface area contributed by atoms with Gasteiger partial charge in [-0.15, -0.1) is 0 Å². The van der Waals surface area contributed by atoms with Gasteiger partial charge in [-0.1, -0.05) is 0 Å². The fraction of sp³-hybridized carbons (Fsp3) is 0.786. The van der Waals surface area contributed by atoms with E-state index in [4.69, 9.17) is 0 Å². The summed E-state index contributed by atoms with van der Waals surface area (Å²) in [5, 5.41) is 6.79. The highest BCUT2D eigenvalue weighted by atomic mass is 32.2. The molecule has 118 valence electrons. The van der Waals surface area contributed by atoms with Crippen molar-refractivity contribution in [2.75, 3.05) is 26.2 Å². The van der Waals surface area contributed by atoms with E-state index in [1.807, 2.05) is 0 Å². The SMILES string of the molecule is Cc1n[nH]c(C)c1S(=O)(=O)N1CCC(N2CCCC2)CC1. The molecule has 21 heavy (non-hydrogen) atoms. The van der Waals surface area contributed by atoms with Crippen molar-refractivity contribution in [3.8, 4) is 0 Å². The monoisotopic (exact) mass is 312 g/mol. The third kappa shape index (κ3) is 2.74. The van der Waals surface area contributed by atoms with Gasteiger partial charge < -0.3 is 4.90 Å². The quantitative estimate of drug-likeness (QED) is 0.913. The zero-order chi connectivity index (χ0) is 15.0. The average molecular weight is 312 g/mol. The molecule has 0 atom stereocenters. The fourth-order valence-electron chi connectivity index (χ4n) is 3.60. The van der Waals surface area contributed by atoms with E-state index in [0.29, 0.717) is 35.4 Å². The van der Waals surface area contributed by atoms with Crippen molar-refractivity contribution in [2.45, 2.75) is 50.5 Å². The average Bonchev–Trinajstić information content (AvgIpc) is 3.09. The standard InChI is InChI=1S/C14H24N4O2S/c1-11-14(12(2)16-15-11)21(19,20)18-9-5-13(6-10-18)17-7-3-4-8-17/h13H,3-10H2,1-2H3,(H,15,16). The van der Waals surface area contributed by atoms with Crippen LogP contribution in [0.15, 0.2) is 4.90 Å². The van der Waals surface area contributed by atoms with Crippen molar-refractivity contribution >= 4 is 10.0 Å².